The summed E-state index contributed by atoms with van der Waals surface area (Å²) in [5, 5.41) is 2.79. The van der Waals surface area contributed by atoms with Gasteiger partial charge >= 0.3 is 0 Å². The first kappa shape index (κ1) is 20.7. The molecule has 154 valence electrons. The van der Waals surface area contributed by atoms with E-state index in [-0.39, 0.29) is 29.8 Å². The summed E-state index contributed by atoms with van der Waals surface area (Å²) >= 11 is 0. The van der Waals surface area contributed by atoms with Gasteiger partial charge < -0.3 is 24.8 Å². The number of benzene rings is 1. The van der Waals surface area contributed by atoms with Crippen LogP contribution in [0.2, 0.25) is 0 Å². The maximum absolute atomic E-state index is 12.9. The fourth-order valence-electron chi connectivity index (χ4n) is 4.07. The summed E-state index contributed by atoms with van der Waals surface area (Å²) in [6.07, 6.45) is 0.375. The highest BCUT2D eigenvalue weighted by Gasteiger charge is 2.31. The second-order valence-electron chi connectivity index (χ2n) is 7.95. The number of halogens is 1. The number of nitrogens with zero attached hydrogens (tertiary/aromatic N) is 1. The van der Waals surface area contributed by atoms with Gasteiger partial charge in [-0.3, -0.25) is 9.59 Å². The number of quaternary nitrogens is 2. The molecule has 1 aromatic rings. The summed E-state index contributed by atoms with van der Waals surface area (Å²) in [5.41, 5.74) is 0.594. The van der Waals surface area contributed by atoms with Gasteiger partial charge in [0.25, 0.3) is 11.8 Å². The molecule has 2 aliphatic rings. The zero-order valence-electron chi connectivity index (χ0n) is 16.7. The van der Waals surface area contributed by atoms with Crippen LogP contribution in [0.5, 0.6) is 0 Å². The largest absolute Gasteiger partial charge is 0.364 e. The first-order valence-electron chi connectivity index (χ1n) is 10.0. The number of morpholine rings is 1. The Morgan fingerprint density at radius 1 is 1.07 bits per heavy atom. The molecular formula is C20H31FN4O3+2. The van der Waals surface area contributed by atoms with E-state index in [1.807, 2.05) is 4.90 Å². The Morgan fingerprint density at radius 3 is 2.29 bits per heavy atom. The van der Waals surface area contributed by atoms with Crippen molar-refractivity contribution in [1.82, 2.24) is 4.90 Å². The zero-order chi connectivity index (χ0) is 20.1. The molecule has 0 aromatic heterocycles. The third kappa shape index (κ3) is 5.98. The van der Waals surface area contributed by atoms with Crippen molar-refractivity contribution in [1.29, 1.82) is 0 Å². The van der Waals surface area contributed by atoms with Crippen molar-refractivity contribution in [3.8, 4) is 0 Å². The lowest BCUT2D eigenvalue weighted by Gasteiger charge is -2.35. The van der Waals surface area contributed by atoms with Crippen LogP contribution in [0, 0.1) is 5.82 Å². The Labute approximate surface area is 165 Å². The van der Waals surface area contributed by atoms with Gasteiger partial charge in [0, 0.05) is 5.69 Å². The molecule has 0 radical (unpaired) electrons. The molecule has 3 rings (SSSR count). The Kier molecular flexibility index (Phi) is 6.98. The van der Waals surface area contributed by atoms with Gasteiger partial charge in [-0.15, -0.1) is 0 Å². The molecule has 2 aliphatic heterocycles. The second kappa shape index (κ2) is 9.45. The van der Waals surface area contributed by atoms with Crippen molar-refractivity contribution in [3.63, 3.8) is 0 Å². The number of carbonyl (C=O) groups excluding carboxylic acids is 2. The number of ether oxygens (including phenoxy) is 1. The summed E-state index contributed by atoms with van der Waals surface area (Å²) in [7, 11) is 0. The first-order valence-corrected chi connectivity index (χ1v) is 10.0. The number of rotatable bonds is 5. The second-order valence-corrected chi connectivity index (χ2v) is 7.95. The Morgan fingerprint density at radius 2 is 1.68 bits per heavy atom. The van der Waals surface area contributed by atoms with E-state index >= 15 is 0 Å². The van der Waals surface area contributed by atoms with Crippen molar-refractivity contribution in [2.24, 2.45) is 0 Å². The molecule has 0 unspecified atom stereocenters. The predicted molar refractivity (Wildman–Crippen MR) is 103 cm³/mol. The summed E-state index contributed by atoms with van der Waals surface area (Å²) in [4.78, 5) is 29.2. The van der Waals surface area contributed by atoms with Crippen LogP contribution in [0.25, 0.3) is 0 Å². The van der Waals surface area contributed by atoms with Gasteiger partial charge in [-0.25, -0.2) is 4.39 Å². The molecule has 8 heteroatoms. The van der Waals surface area contributed by atoms with Crippen molar-refractivity contribution in [3.05, 3.63) is 30.1 Å². The molecule has 1 aromatic carbocycles. The number of amides is 2. The Hall–Kier alpha value is -2.03. The van der Waals surface area contributed by atoms with Gasteiger partial charge in [-0.2, -0.15) is 0 Å². The highest BCUT2D eigenvalue weighted by Crippen LogP contribution is 2.07. The SMILES string of the molecule is C[C@@H]1C[NH+](CC(=O)N2CC[NH+](CC(=O)Nc3ccc(F)cc3)CC2)C[C@@H](C)O1. The highest BCUT2D eigenvalue weighted by molar-refractivity contribution is 5.91. The summed E-state index contributed by atoms with van der Waals surface area (Å²) < 4.78 is 18.7. The highest BCUT2D eigenvalue weighted by atomic mass is 19.1. The monoisotopic (exact) mass is 394 g/mol. The molecule has 2 saturated heterocycles. The van der Waals surface area contributed by atoms with Crippen molar-refractivity contribution in [2.45, 2.75) is 26.1 Å². The molecule has 7 nitrogen and oxygen atoms in total. The molecule has 0 saturated carbocycles. The van der Waals surface area contributed by atoms with Crippen LogP contribution in [0.3, 0.4) is 0 Å². The molecular weight excluding hydrogens is 363 g/mol. The smallest absolute Gasteiger partial charge is 0.279 e. The molecule has 0 aliphatic carbocycles. The summed E-state index contributed by atoms with van der Waals surface area (Å²) in [6.45, 7) is 9.57. The van der Waals surface area contributed by atoms with Gasteiger partial charge in [-0.1, -0.05) is 0 Å². The van der Waals surface area contributed by atoms with Gasteiger partial charge in [0.05, 0.1) is 26.2 Å². The van der Waals surface area contributed by atoms with Gasteiger partial charge in [0.15, 0.2) is 13.1 Å². The maximum Gasteiger partial charge on any atom is 0.279 e. The van der Waals surface area contributed by atoms with Crippen molar-refractivity contribution < 1.29 is 28.5 Å². The minimum Gasteiger partial charge on any atom is -0.364 e. The fraction of sp³-hybridized carbons (Fsp3) is 0.600. The number of nitrogens with one attached hydrogen (secondary N) is 3. The number of hydrogen-bond acceptors (Lipinski definition) is 3. The topological polar surface area (TPSA) is 67.5 Å². The van der Waals surface area contributed by atoms with E-state index in [2.05, 4.69) is 19.2 Å². The van der Waals surface area contributed by atoms with E-state index in [0.29, 0.717) is 31.9 Å². The van der Waals surface area contributed by atoms with Crippen LogP contribution in [-0.4, -0.2) is 81.3 Å². The van der Waals surface area contributed by atoms with Crippen LogP contribution >= 0.6 is 0 Å². The van der Waals surface area contributed by atoms with Crippen LogP contribution in [-0.2, 0) is 14.3 Å². The van der Waals surface area contributed by atoms with Gasteiger partial charge in [0.1, 0.15) is 31.1 Å². The molecule has 28 heavy (non-hydrogen) atoms. The van der Waals surface area contributed by atoms with Gasteiger partial charge in [0.2, 0.25) is 0 Å². The van der Waals surface area contributed by atoms with E-state index in [9.17, 15) is 14.0 Å². The number of piperazine rings is 1. The predicted octanol–water partition coefficient (Wildman–Crippen LogP) is -1.82. The van der Waals surface area contributed by atoms with E-state index in [1.54, 1.807) is 12.1 Å². The number of carbonyl (C=O) groups is 2. The lowest BCUT2D eigenvalue weighted by atomic mass is 10.2. The lowest BCUT2D eigenvalue weighted by Crippen LogP contribution is -3.17. The molecule has 0 spiro atoms. The minimum atomic E-state index is -0.327. The zero-order valence-corrected chi connectivity index (χ0v) is 16.7. The van der Waals surface area contributed by atoms with Crippen molar-refractivity contribution >= 4 is 17.5 Å². The number of anilines is 1. The number of hydrogen-bond donors (Lipinski definition) is 3. The van der Waals surface area contributed by atoms with Crippen LogP contribution in [0.4, 0.5) is 10.1 Å². The standard InChI is InChI=1S/C20H29FN4O3/c1-15-11-24(12-16(2)28-15)14-20(27)25-9-7-23(8-10-25)13-19(26)22-18-5-3-17(21)4-6-18/h3-6,15-16H,7-14H2,1-2H3,(H,22,26)/p+2/t15-,16-/m1/s1. The van der Waals surface area contributed by atoms with E-state index in [1.165, 1.54) is 17.0 Å². The normalized spacial score (nSPS) is 26.1. The molecule has 2 amide bonds. The lowest BCUT2D eigenvalue weighted by molar-refractivity contribution is -0.908. The average Bonchev–Trinajstić information content (AvgIpc) is 2.63. The average molecular weight is 394 g/mol. The van der Waals surface area contributed by atoms with Gasteiger partial charge in [-0.05, 0) is 38.1 Å². The molecule has 2 atom stereocenters. The van der Waals surface area contributed by atoms with Crippen LogP contribution in [0.15, 0.2) is 24.3 Å². The first-order chi connectivity index (χ1) is 13.4. The quantitative estimate of drug-likeness (QED) is 0.551. The molecule has 2 fully saturated rings. The van der Waals surface area contributed by atoms with Crippen LogP contribution < -0.4 is 15.1 Å². The van der Waals surface area contributed by atoms with E-state index in [0.717, 1.165) is 31.1 Å². The summed E-state index contributed by atoms with van der Waals surface area (Å²) in [6, 6.07) is 5.75. The maximum atomic E-state index is 12.9. The minimum absolute atomic E-state index is 0.0953. The van der Waals surface area contributed by atoms with Crippen LogP contribution in [0.1, 0.15) is 13.8 Å². The Balaban J connectivity index is 1.39. The molecule has 3 N–H and O–H groups in total. The molecule has 2 heterocycles. The fourth-order valence-corrected chi connectivity index (χ4v) is 4.07. The molecule has 0 bridgehead atoms. The third-order valence-corrected chi connectivity index (χ3v) is 5.38. The Bertz CT molecular complexity index is 667. The van der Waals surface area contributed by atoms with E-state index in [4.69, 9.17) is 4.74 Å². The van der Waals surface area contributed by atoms with E-state index < -0.39 is 0 Å². The van der Waals surface area contributed by atoms with Crippen molar-refractivity contribution in [2.75, 3.05) is 57.7 Å². The third-order valence-electron chi connectivity index (χ3n) is 5.38. The summed E-state index contributed by atoms with van der Waals surface area (Å²) in [5.74, 6) is -0.236.